The number of aliphatic carboxylic acids is 1. The minimum atomic E-state index is -0.964. The molecular weight excluding hydrogens is 182 g/mol. The molecule has 0 aromatic rings. The average molecular weight is 192 g/mol. The topological polar surface area (TPSA) is 76.0 Å². The zero-order valence-electron chi connectivity index (χ0n) is 6.47. The molecule has 0 aromatic heterocycles. The van der Waals surface area contributed by atoms with Crippen LogP contribution in [0.5, 0.6) is 0 Å². The summed E-state index contributed by atoms with van der Waals surface area (Å²) in [5.41, 5.74) is 1.92. The Hall–Kier alpha value is -0.340. The molecule has 0 amide bonds. The quantitative estimate of drug-likeness (QED) is 0.472. The lowest BCUT2D eigenvalue weighted by Crippen LogP contribution is -2.40. The van der Waals surface area contributed by atoms with Gasteiger partial charge in [-0.1, -0.05) is 0 Å². The second-order valence-electron chi connectivity index (χ2n) is 2.52. The molecule has 1 rings (SSSR count). The number of carboxylic acid groups (broad SMARTS) is 1. The highest BCUT2D eigenvalue weighted by molar-refractivity contribution is 7.59. The van der Waals surface area contributed by atoms with Crippen molar-refractivity contribution in [1.82, 2.24) is 15.5 Å². The molecular formula is C5H10N3O3S-. The molecule has 6 nitrogen and oxygen atoms in total. The van der Waals surface area contributed by atoms with Crippen molar-refractivity contribution in [1.29, 1.82) is 0 Å². The second kappa shape index (κ2) is 3.58. The molecule has 0 spiro atoms. The molecule has 2 atom stereocenters. The van der Waals surface area contributed by atoms with Gasteiger partial charge in [-0.25, -0.2) is 5.43 Å². The Morgan fingerprint density at radius 2 is 2.33 bits per heavy atom. The van der Waals surface area contributed by atoms with Gasteiger partial charge in [0.05, 0.1) is 12.7 Å². The van der Waals surface area contributed by atoms with E-state index in [0.717, 1.165) is 5.17 Å². The van der Waals surface area contributed by atoms with Crippen molar-refractivity contribution in [3.63, 3.8) is 0 Å². The molecule has 0 aliphatic carbocycles. The summed E-state index contributed by atoms with van der Waals surface area (Å²) in [7, 11) is 0. The van der Waals surface area contributed by atoms with E-state index in [4.69, 9.17) is 22.9 Å². The maximum Gasteiger partial charge on any atom is 0.317 e. The molecule has 1 aliphatic heterocycles. The number of hydroxylamine groups is 1. The molecule has 0 radical (unpaired) electrons. The first-order chi connectivity index (χ1) is 5.52. The van der Waals surface area contributed by atoms with Gasteiger partial charge in [-0.05, 0) is 12.4 Å². The van der Waals surface area contributed by atoms with Crippen LogP contribution in [0.25, 0.3) is 0 Å². The van der Waals surface area contributed by atoms with Gasteiger partial charge in [-0.3, -0.25) is 14.9 Å². The lowest BCUT2D eigenvalue weighted by molar-refractivity contribution is -0.157. The van der Waals surface area contributed by atoms with Crippen LogP contribution in [-0.4, -0.2) is 44.6 Å². The summed E-state index contributed by atoms with van der Waals surface area (Å²) in [6.45, 7) is 1.47. The van der Waals surface area contributed by atoms with Gasteiger partial charge >= 0.3 is 5.97 Å². The number of nitrogens with one attached hydrogen (secondary N) is 1. The fourth-order valence-electron chi connectivity index (χ4n) is 1.00. The third kappa shape index (κ3) is 1.87. The van der Waals surface area contributed by atoms with Crippen molar-refractivity contribution in [2.75, 3.05) is 6.54 Å². The minimum Gasteiger partial charge on any atom is -0.757 e. The normalized spacial score (nSPS) is 32.6. The van der Waals surface area contributed by atoms with Crippen LogP contribution >= 0.6 is 0 Å². The lowest BCUT2D eigenvalue weighted by Gasteiger charge is -2.28. The van der Waals surface area contributed by atoms with Crippen LogP contribution in [0.1, 0.15) is 6.92 Å². The van der Waals surface area contributed by atoms with Crippen LogP contribution in [-0.2, 0) is 17.4 Å². The molecule has 1 fully saturated rings. The monoisotopic (exact) mass is 192 g/mol. The molecule has 1 heterocycles. The highest BCUT2D eigenvalue weighted by Crippen LogP contribution is 2.11. The van der Waals surface area contributed by atoms with E-state index in [9.17, 15) is 4.79 Å². The van der Waals surface area contributed by atoms with Gasteiger partial charge in [-0.2, -0.15) is 0 Å². The third-order valence-electron chi connectivity index (χ3n) is 1.70. The number of carbonyl (C=O) groups is 1. The van der Waals surface area contributed by atoms with Crippen molar-refractivity contribution >= 4 is 18.6 Å². The van der Waals surface area contributed by atoms with E-state index in [0.29, 0.717) is 0 Å². The molecule has 7 heteroatoms. The highest BCUT2D eigenvalue weighted by atomic mass is 32.1. The number of hydrazine groups is 1. The zero-order valence-corrected chi connectivity index (χ0v) is 7.28. The lowest BCUT2D eigenvalue weighted by atomic mass is 10.5. The standard InChI is InChI=1S/C5H11N3O3S/c1-3-7(2-4(9)10)5(12)6-8(3)11/h3,5-6,11-12H,2H2,1H3,(H,9,10)/p-1. The summed E-state index contributed by atoms with van der Waals surface area (Å²) in [6.07, 6.45) is -0.413. The minimum absolute atomic E-state index is 0.181. The first-order valence-corrected chi connectivity index (χ1v) is 3.87. The van der Waals surface area contributed by atoms with Gasteiger partial charge in [0.25, 0.3) is 0 Å². The maximum absolute atomic E-state index is 10.3. The summed E-state index contributed by atoms with van der Waals surface area (Å²) in [5, 5.41) is 18.4. The fraction of sp³-hybridized carbons (Fsp3) is 0.800. The summed E-state index contributed by atoms with van der Waals surface area (Å²) < 4.78 is 0. The first-order valence-electron chi connectivity index (χ1n) is 3.40. The van der Waals surface area contributed by atoms with Crippen molar-refractivity contribution in [3.05, 3.63) is 0 Å². The molecule has 1 aliphatic rings. The number of hydrogen-bond acceptors (Lipinski definition) is 6. The van der Waals surface area contributed by atoms with Gasteiger partial charge in [-0.15, -0.1) is 5.17 Å². The van der Waals surface area contributed by atoms with E-state index in [1.165, 1.54) is 4.90 Å². The van der Waals surface area contributed by atoms with Crippen molar-refractivity contribution in [2.45, 2.75) is 18.6 Å². The third-order valence-corrected chi connectivity index (χ3v) is 2.07. The van der Waals surface area contributed by atoms with E-state index < -0.39 is 17.6 Å². The molecule has 0 bridgehead atoms. The predicted molar refractivity (Wildman–Crippen MR) is 41.7 cm³/mol. The Bertz CT molecular complexity index is 191. The maximum atomic E-state index is 10.3. The zero-order chi connectivity index (χ0) is 9.30. The molecule has 1 saturated heterocycles. The number of rotatable bonds is 2. The predicted octanol–water partition coefficient (Wildman–Crippen LogP) is -1.24. The Kier molecular flexibility index (Phi) is 2.91. The molecule has 0 saturated carbocycles. The fourth-order valence-corrected chi connectivity index (χ4v) is 1.36. The summed E-state index contributed by atoms with van der Waals surface area (Å²) in [6, 6.07) is 0. The van der Waals surface area contributed by atoms with Gasteiger partial charge in [0.15, 0.2) is 0 Å². The van der Waals surface area contributed by atoms with E-state index in [2.05, 4.69) is 5.43 Å². The smallest absolute Gasteiger partial charge is 0.317 e. The van der Waals surface area contributed by atoms with Gasteiger partial charge in [0.2, 0.25) is 0 Å². The Labute approximate surface area is 75.1 Å². The van der Waals surface area contributed by atoms with Gasteiger partial charge in [0, 0.05) is 0 Å². The Morgan fingerprint density at radius 1 is 1.75 bits per heavy atom. The molecule has 0 aromatic carbocycles. The Morgan fingerprint density at radius 3 is 2.67 bits per heavy atom. The molecule has 70 valence electrons. The second-order valence-corrected chi connectivity index (χ2v) is 2.97. The van der Waals surface area contributed by atoms with Crippen molar-refractivity contribution in [2.24, 2.45) is 0 Å². The van der Waals surface area contributed by atoms with Crippen LogP contribution in [0.4, 0.5) is 0 Å². The van der Waals surface area contributed by atoms with Crippen LogP contribution in [0.2, 0.25) is 0 Å². The van der Waals surface area contributed by atoms with E-state index in [1.807, 2.05) is 0 Å². The first kappa shape index (κ1) is 9.75. The summed E-state index contributed by atoms with van der Waals surface area (Å²) in [5.74, 6) is -0.964. The molecule has 3 N–H and O–H groups in total. The van der Waals surface area contributed by atoms with Crippen LogP contribution in [0.3, 0.4) is 0 Å². The number of nitrogens with zero attached hydrogens (tertiary/aromatic N) is 2. The van der Waals surface area contributed by atoms with E-state index >= 15 is 0 Å². The summed E-state index contributed by atoms with van der Waals surface area (Å²) >= 11 is 4.85. The van der Waals surface area contributed by atoms with Crippen molar-refractivity contribution < 1.29 is 15.1 Å². The van der Waals surface area contributed by atoms with E-state index in [1.54, 1.807) is 6.92 Å². The average Bonchev–Trinajstić information content (AvgIpc) is 2.16. The summed E-state index contributed by atoms with van der Waals surface area (Å²) in [4.78, 5) is 11.8. The van der Waals surface area contributed by atoms with Gasteiger partial charge < -0.3 is 17.7 Å². The SMILES string of the molecule is CC1N(O)NC([S-])N1CC(=O)O. The Balaban J connectivity index is 2.57. The number of carboxylic acids is 1. The number of hydrogen-bond donors (Lipinski definition) is 3. The van der Waals surface area contributed by atoms with Crippen LogP contribution in [0, 0.1) is 0 Å². The van der Waals surface area contributed by atoms with Gasteiger partial charge in [0.1, 0.15) is 0 Å². The largest absolute Gasteiger partial charge is 0.757 e. The van der Waals surface area contributed by atoms with Crippen LogP contribution in [0.15, 0.2) is 0 Å². The highest BCUT2D eigenvalue weighted by Gasteiger charge is 2.29. The van der Waals surface area contributed by atoms with Crippen LogP contribution < -0.4 is 5.43 Å². The molecule has 2 unspecified atom stereocenters. The molecule has 12 heavy (non-hydrogen) atoms. The van der Waals surface area contributed by atoms with E-state index in [-0.39, 0.29) is 6.54 Å². The van der Waals surface area contributed by atoms with Crippen molar-refractivity contribution in [3.8, 4) is 0 Å².